The SMILES string of the molecule is N#Cc1c(C=O)ccc(S(=O)(=O)Cl)c1Br. The lowest BCUT2D eigenvalue weighted by molar-refractivity contribution is 0.112. The topological polar surface area (TPSA) is 75.0 Å². The molecular formula is C8H3BrClNO3S. The fourth-order valence-corrected chi connectivity index (χ4v) is 3.27. The van der Waals surface area contributed by atoms with Crippen molar-refractivity contribution >= 4 is 41.9 Å². The van der Waals surface area contributed by atoms with Crippen molar-refractivity contribution in [2.45, 2.75) is 4.90 Å². The Morgan fingerprint density at radius 2 is 2.07 bits per heavy atom. The molecule has 78 valence electrons. The van der Waals surface area contributed by atoms with E-state index in [1.54, 1.807) is 6.07 Å². The van der Waals surface area contributed by atoms with E-state index in [-0.39, 0.29) is 20.5 Å². The van der Waals surface area contributed by atoms with Gasteiger partial charge in [-0.15, -0.1) is 0 Å². The lowest BCUT2D eigenvalue weighted by Gasteiger charge is -2.03. The maximum absolute atomic E-state index is 11.1. The molecule has 0 N–H and O–H groups in total. The van der Waals surface area contributed by atoms with E-state index in [0.717, 1.165) is 6.07 Å². The number of nitriles is 1. The second kappa shape index (κ2) is 4.31. The summed E-state index contributed by atoms with van der Waals surface area (Å²) in [5.74, 6) is 0. The van der Waals surface area contributed by atoms with Crippen molar-refractivity contribution in [2.24, 2.45) is 0 Å². The van der Waals surface area contributed by atoms with Gasteiger partial charge in [-0.3, -0.25) is 4.79 Å². The molecule has 0 aliphatic rings. The van der Waals surface area contributed by atoms with Gasteiger partial charge < -0.3 is 0 Å². The van der Waals surface area contributed by atoms with Gasteiger partial charge in [0.05, 0.1) is 14.9 Å². The van der Waals surface area contributed by atoms with Crippen molar-refractivity contribution in [3.63, 3.8) is 0 Å². The number of rotatable bonds is 2. The molecule has 0 aromatic heterocycles. The lowest BCUT2D eigenvalue weighted by atomic mass is 10.1. The monoisotopic (exact) mass is 307 g/mol. The number of benzene rings is 1. The number of aldehydes is 1. The van der Waals surface area contributed by atoms with Crippen molar-refractivity contribution in [1.29, 1.82) is 5.26 Å². The van der Waals surface area contributed by atoms with E-state index in [9.17, 15) is 13.2 Å². The number of halogens is 2. The molecule has 7 heteroatoms. The molecule has 15 heavy (non-hydrogen) atoms. The molecule has 0 saturated carbocycles. The molecule has 1 aromatic rings. The predicted octanol–water partition coefficient (Wildman–Crippen LogP) is 2.06. The lowest BCUT2D eigenvalue weighted by Crippen LogP contribution is -1.97. The molecule has 0 radical (unpaired) electrons. The van der Waals surface area contributed by atoms with E-state index in [1.807, 2.05) is 0 Å². The molecule has 0 unspecified atom stereocenters. The fourth-order valence-electron chi connectivity index (χ4n) is 0.972. The van der Waals surface area contributed by atoms with Crippen LogP contribution in [-0.2, 0) is 9.05 Å². The van der Waals surface area contributed by atoms with Crippen LogP contribution in [0.5, 0.6) is 0 Å². The minimum absolute atomic E-state index is 0.00426. The van der Waals surface area contributed by atoms with Gasteiger partial charge in [0, 0.05) is 16.2 Å². The Kier molecular flexibility index (Phi) is 3.50. The normalized spacial score (nSPS) is 10.7. The summed E-state index contributed by atoms with van der Waals surface area (Å²) in [6, 6.07) is 4.12. The van der Waals surface area contributed by atoms with E-state index in [0.29, 0.717) is 6.29 Å². The summed E-state index contributed by atoms with van der Waals surface area (Å²) < 4.78 is 22.1. The van der Waals surface area contributed by atoms with Crippen LogP contribution in [0.1, 0.15) is 15.9 Å². The van der Waals surface area contributed by atoms with Gasteiger partial charge in [-0.25, -0.2) is 8.42 Å². The zero-order chi connectivity index (χ0) is 11.6. The van der Waals surface area contributed by atoms with E-state index in [4.69, 9.17) is 15.9 Å². The summed E-state index contributed by atoms with van der Waals surface area (Å²) in [6.07, 6.45) is 0.466. The largest absolute Gasteiger partial charge is 0.298 e. The molecule has 0 heterocycles. The summed E-state index contributed by atoms with van der Waals surface area (Å²) in [6.45, 7) is 0. The summed E-state index contributed by atoms with van der Waals surface area (Å²) in [4.78, 5) is 10.3. The first-order chi connectivity index (χ1) is 6.91. The van der Waals surface area contributed by atoms with E-state index < -0.39 is 9.05 Å². The van der Waals surface area contributed by atoms with Crippen molar-refractivity contribution in [1.82, 2.24) is 0 Å². The second-order valence-electron chi connectivity index (χ2n) is 2.51. The molecule has 0 amide bonds. The van der Waals surface area contributed by atoms with Crippen molar-refractivity contribution in [3.05, 3.63) is 27.7 Å². The van der Waals surface area contributed by atoms with Crippen LogP contribution in [-0.4, -0.2) is 14.7 Å². The average Bonchev–Trinajstić information content (AvgIpc) is 2.15. The van der Waals surface area contributed by atoms with Gasteiger partial charge in [0.25, 0.3) is 9.05 Å². The Hall–Kier alpha value is -0.900. The summed E-state index contributed by atoms with van der Waals surface area (Å²) in [7, 11) is 1.20. The van der Waals surface area contributed by atoms with Gasteiger partial charge in [-0.05, 0) is 28.1 Å². The first-order valence-corrected chi connectivity index (χ1v) is 6.64. The van der Waals surface area contributed by atoms with Gasteiger partial charge in [0.15, 0.2) is 6.29 Å². The van der Waals surface area contributed by atoms with Crippen LogP contribution in [0.3, 0.4) is 0 Å². The zero-order valence-corrected chi connectivity index (χ0v) is 10.2. The average molecular weight is 309 g/mol. The number of carbonyl (C=O) groups excluding carboxylic acids is 1. The molecule has 0 atom stereocenters. The van der Waals surface area contributed by atoms with E-state index in [1.165, 1.54) is 6.07 Å². The molecule has 0 aliphatic heterocycles. The van der Waals surface area contributed by atoms with Crippen molar-refractivity contribution < 1.29 is 13.2 Å². The van der Waals surface area contributed by atoms with Crippen LogP contribution in [0.2, 0.25) is 0 Å². The maximum Gasteiger partial charge on any atom is 0.262 e. The molecule has 0 spiro atoms. The highest BCUT2D eigenvalue weighted by Gasteiger charge is 2.19. The number of nitrogens with zero attached hydrogens (tertiary/aromatic N) is 1. The Morgan fingerprint density at radius 3 is 2.47 bits per heavy atom. The molecule has 4 nitrogen and oxygen atoms in total. The van der Waals surface area contributed by atoms with E-state index in [2.05, 4.69) is 15.9 Å². The van der Waals surface area contributed by atoms with Crippen LogP contribution in [0.15, 0.2) is 21.5 Å². The highest BCUT2D eigenvalue weighted by molar-refractivity contribution is 9.10. The Labute approximate surface area is 99.0 Å². The Morgan fingerprint density at radius 1 is 1.47 bits per heavy atom. The van der Waals surface area contributed by atoms with Gasteiger partial charge >= 0.3 is 0 Å². The number of carbonyl (C=O) groups is 1. The number of hydrogen-bond acceptors (Lipinski definition) is 4. The third kappa shape index (κ3) is 2.37. The van der Waals surface area contributed by atoms with Crippen LogP contribution in [0, 0.1) is 11.3 Å². The Balaban J connectivity index is 3.66. The first-order valence-electron chi connectivity index (χ1n) is 3.54. The van der Waals surface area contributed by atoms with Gasteiger partial charge in [0.2, 0.25) is 0 Å². The molecule has 0 fully saturated rings. The molecule has 0 aliphatic carbocycles. The van der Waals surface area contributed by atoms with Gasteiger partial charge in [0.1, 0.15) is 6.07 Å². The summed E-state index contributed by atoms with van der Waals surface area (Å²) >= 11 is 2.92. The third-order valence-corrected chi connectivity index (χ3v) is 4.09. The van der Waals surface area contributed by atoms with Crippen molar-refractivity contribution in [2.75, 3.05) is 0 Å². The highest BCUT2D eigenvalue weighted by Crippen LogP contribution is 2.29. The van der Waals surface area contributed by atoms with Gasteiger partial charge in [-0.1, -0.05) is 0 Å². The third-order valence-electron chi connectivity index (χ3n) is 1.64. The maximum atomic E-state index is 11.1. The fraction of sp³-hybridized carbons (Fsp3) is 0. The molecule has 1 rings (SSSR count). The van der Waals surface area contributed by atoms with Gasteiger partial charge in [-0.2, -0.15) is 5.26 Å². The van der Waals surface area contributed by atoms with Crippen LogP contribution >= 0.6 is 26.6 Å². The first kappa shape index (κ1) is 12.2. The van der Waals surface area contributed by atoms with Crippen LogP contribution in [0.25, 0.3) is 0 Å². The predicted molar refractivity (Wildman–Crippen MR) is 57.3 cm³/mol. The summed E-state index contributed by atoms with van der Waals surface area (Å²) in [5, 5.41) is 8.74. The molecular weight excluding hydrogens is 306 g/mol. The second-order valence-corrected chi connectivity index (χ2v) is 5.84. The number of hydrogen-bond donors (Lipinski definition) is 0. The van der Waals surface area contributed by atoms with E-state index >= 15 is 0 Å². The highest BCUT2D eigenvalue weighted by atomic mass is 79.9. The minimum Gasteiger partial charge on any atom is -0.298 e. The Bertz CT molecular complexity index is 562. The standard InChI is InChI=1S/C8H3BrClNO3S/c9-8-6(3-11)5(4-12)1-2-7(8)15(10,13)14/h1-2,4H. The zero-order valence-electron chi connectivity index (χ0n) is 7.07. The quantitative estimate of drug-likeness (QED) is 0.619. The summed E-state index contributed by atoms with van der Waals surface area (Å²) in [5.41, 5.74) is 0.0557. The van der Waals surface area contributed by atoms with Crippen molar-refractivity contribution in [3.8, 4) is 6.07 Å². The molecule has 1 aromatic carbocycles. The van der Waals surface area contributed by atoms with Crippen LogP contribution < -0.4 is 0 Å². The minimum atomic E-state index is -3.93. The molecule has 0 saturated heterocycles. The van der Waals surface area contributed by atoms with Crippen LogP contribution in [0.4, 0.5) is 0 Å². The smallest absolute Gasteiger partial charge is 0.262 e. The molecule has 0 bridgehead atoms.